The average Bonchev–Trinajstić information content (AvgIpc) is 3.35. The zero-order chi connectivity index (χ0) is 19.5. The van der Waals surface area contributed by atoms with Crippen molar-refractivity contribution in [2.45, 2.75) is 70.9 Å². The standard InChI is InChI=1S/C22H31N5O/c1-17-14-19(18(2)27(17)21-6-4-3-5-7-21)8-9-22(28)25-12-10-20(11-13-25)26-16-23-15-24-26/h8-9,14-16,20-21H,3-7,10-13H2,1-2H3/b9-8+. The molecule has 0 bridgehead atoms. The van der Waals surface area contributed by atoms with Crippen molar-refractivity contribution in [3.63, 3.8) is 0 Å². The summed E-state index contributed by atoms with van der Waals surface area (Å²) in [6.07, 6.45) is 15.5. The molecule has 4 rings (SSSR count). The third kappa shape index (κ3) is 3.91. The number of carbonyl (C=O) groups excluding carboxylic acids is 1. The third-order valence-electron chi connectivity index (χ3n) is 6.46. The zero-order valence-corrected chi connectivity index (χ0v) is 17.0. The highest BCUT2D eigenvalue weighted by atomic mass is 16.2. The maximum atomic E-state index is 12.7. The molecule has 0 aromatic carbocycles. The molecular weight excluding hydrogens is 350 g/mol. The Kier molecular flexibility index (Phi) is 5.64. The first-order valence-electron chi connectivity index (χ1n) is 10.6. The lowest BCUT2D eigenvalue weighted by atomic mass is 9.95. The highest BCUT2D eigenvalue weighted by Gasteiger charge is 2.23. The number of carbonyl (C=O) groups is 1. The van der Waals surface area contributed by atoms with E-state index >= 15 is 0 Å². The molecule has 6 nitrogen and oxygen atoms in total. The highest BCUT2D eigenvalue weighted by molar-refractivity contribution is 5.92. The Balaban J connectivity index is 1.38. The maximum absolute atomic E-state index is 12.7. The van der Waals surface area contributed by atoms with Gasteiger partial charge in [-0.1, -0.05) is 19.3 Å². The van der Waals surface area contributed by atoms with E-state index in [2.05, 4.69) is 34.6 Å². The number of rotatable bonds is 4. The fourth-order valence-electron chi connectivity index (χ4n) is 4.90. The van der Waals surface area contributed by atoms with Crippen LogP contribution in [0.1, 0.15) is 74.0 Å². The Morgan fingerprint density at radius 1 is 1.07 bits per heavy atom. The van der Waals surface area contributed by atoms with Gasteiger partial charge in [-0.25, -0.2) is 9.67 Å². The first-order valence-corrected chi connectivity index (χ1v) is 10.6. The number of piperidine rings is 1. The van der Waals surface area contributed by atoms with Crippen molar-refractivity contribution in [1.29, 1.82) is 0 Å². The fourth-order valence-corrected chi connectivity index (χ4v) is 4.90. The minimum Gasteiger partial charge on any atom is -0.346 e. The molecule has 1 amide bonds. The van der Waals surface area contributed by atoms with E-state index in [4.69, 9.17) is 0 Å². The molecule has 2 aromatic heterocycles. The van der Waals surface area contributed by atoms with Crippen LogP contribution in [-0.4, -0.2) is 43.2 Å². The smallest absolute Gasteiger partial charge is 0.246 e. The molecule has 1 aliphatic heterocycles. The van der Waals surface area contributed by atoms with Crippen LogP contribution in [-0.2, 0) is 4.79 Å². The molecule has 1 saturated carbocycles. The van der Waals surface area contributed by atoms with Crippen molar-refractivity contribution in [3.05, 3.63) is 41.7 Å². The minimum absolute atomic E-state index is 0.111. The largest absolute Gasteiger partial charge is 0.346 e. The van der Waals surface area contributed by atoms with Gasteiger partial charge in [0.05, 0.1) is 6.04 Å². The topological polar surface area (TPSA) is 56.0 Å². The first kappa shape index (κ1) is 19.0. The summed E-state index contributed by atoms with van der Waals surface area (Å²) in [6, 6.07) is 3.21. The monoisotopic (exact) mass is 381 g/mol. The lowest BCUT2D eigenvalue weighted by Gasteiger charge is -2.31. The molecule has 3 heterocycles. The Morgan fingerprint density at radius 2 is 1.82 bits per heavy atom. The number of nitrogens with zero attached hydrogens (tertiary/aromatic N) is 5. The summed E-state index contributed by atoms with van der Waals surface area (Å²) in [4.78, 5) is 18.6. The molecule has 2 aliphatic rings. The molecule has 0 radical (unpaired) electrons. The van der Waals surface area contributed by atoms with Crippen molar-refractivity contribution in [2.24, 2.45) is 0 Å². The van der Waals surface area contributed by atoms with Gasteiger partial charge in [0.2, 0.25) is 5.91 Å². The predicted octanol–water partition coefficient (Wildman–Crippen LogP) is 4.08. The van der Waals surface area contributed by atoms with Crippen LogP contribution in [0, 0.1) is 13.8 Å². The molecule has 0 spiro atoms. The molecule has 28 heavy (non-hydrogen) atoms. The second-order valence-electron chi connectivity index (χ2n) is 8.25. The van der Waals surface area contributed by atoms with Crippen LogP contribution in [0.2, 0.25) is 0 Å². The van der Waals surface area contributed by atoms with Gasteiger partial charge in [0.15, 0.2) is 0 Å². The van der Waals surface area contributed by atoms with Gasteiger partial charge in [-0.05, 0) is 57.2 Å². The van der Waals surface area contributed by atoms with Crippen LogP contribution < -0.4 is 0 Å². The van der Waals surface area contributed by atoms with Crippen molar-refractivity contribution >= 4 is 12.0 Å². The van der Waals surface area contributed by atoms with Gasteiger partial charge < -0.3 is 9.47 Å². The highest BCUT2D eigenvalue weighted by Crippen LogP contribution is 2.32. The van der Waals surface area contributed by atoms with E-state index in [0.717, 1.165) is 25.9 Å². The van der Waals surface area contributed by atoms with Gasteiger partial charge in [0.1, 0.15) is 12.7 Å². The van der Waals surface area contributed by atoms with Crippen molar-refractivity contribution in [1.82, 2.24) is 24.2 Å². The van der Waals surface area contributed by atoms with E-state index in [-0.39, 0.29) is 5.91 Å². The van der Waals surface area contributed by atoms with Crippen LogP contribution in [0.5, 0.6) is 0 Å². The van der Waals surface area contributed by atoms with Crippen molar-refractivity contribution in [2.75, 3.05) is 13.1 Å². The Bertz CT molecular complexity index is 821. The lowest BCUT2D eigenvalue weighted by Crippen LogP contribution is -2.38. The van der Waals surface area contributed by atoms with E-state index in [1.54, 1.807) is 18.7 Å². The number of aromatic nitrogens is 4. The summed E-state index contributed by atoms with van der Waals surface area (Å²) in [5.74, 6) is 0.111. The first-order chi connectivity index (χ1) is 13.6. The summed E-state index contributed by atoms with van der Waals surface area (Å²) in [7, 11) is 0. The summed E-state index contributed by atoms with van der Waals surface area (Å²) in [6.45, 7) is 5.93. The van der Waals surface area contributed by atoms with Crippen LogP contribution in [0.15, 0.2) is 24.8 Å². The quantitative estimate of drug-likeness (QED) is 0.750. The number of aryl methyl sites for hydroxylation is 1. The van der Waals surface area contributed by atoms with E-state index in [1.807, 2.05) is 15.7 Å². The number of hydrogen-bond donors (Lipinski definition) is 0. The summed E-state index contributed by atoms with van der Waals surface area (Å²) >= 11 is 0. The molecule has 2 fully saturated rings. The molecule has 0 atom stereocenters. The van der Waals surface area contributed by atoms with Crippen LogP contribution in [0.4, 0.5) is 0 Å². The number of likely N-dealkylation sites (tertiary alicyclic amines) is 1. The van der Waals surface area contributed by atoms with E-state index < -0.39 is 0 Å². The molecular formula is C22H31N5O. The SMILES string of the molecule is Cc1cc(/C=C/C(=O)N2CCC(n3cncn3)CC2)c(C)n1C1CCCCC1. The molecule has 6 heteroatoms. The summed E-state index contributed by atoms with van der Waals surface area (Å²) in [5, 5.41) is 4.23. The van der Waals surface area contributed by atoms with Crippen molar-refractivity contribution in [3.8, 4) is 0 Å². The van der Waals surface area contributed by atoms with Crippen LogP contribution >= 0.6 is 0 Å². The van der Waals surface area contributed by atoms with E-state index in [0.29, 0.717) is 12.1 Å². The molecule has 2 aromatic rings. The minimum atomic E-state index is 0.111. The van der Waals surface area contributed by atoms with Gasteiger partial charge in [0.25, 0.3) is 0 Å². The average molecular weight is 382 g/mol. The number of hydrogen-bond acceptors (Lipinski definition) is 3. The Labute approximate surface area is 167 Å². The molecule has 0 unspecified atom stereocenters. The number of amides is 1. The maximum Gasteiger partial charge on any atom is 0.246 e. The molecule has 0 N–H and O–H groups in total. The van der Waals surface area contributed by atoms with Crippen molar-refractivity contribution < 1.29 is 4.79 Å². The zero-order valence-electron chi connectivity index (χ0n) is 17.0. The molecule has 1 aliphatic carbocycles. The van der Waals surface area contributed by atoms with Crippen LogP contribution in [0.25, 0.3) is 6.08 Å². The van der Waals surface area contributed by atoms with Crippen LogP contribution in [0.3, 0.4) is 0 Å². The normalized spacial score (nSPS) is 19.6. The molecule has 150 valence electrons. The Hall–Kier alpha value is -2.37. The molecule has 1 saturated heterocycles. The van der Waals surface area contributed by atoms with Gasteiger partial charge in [-0.2, -0.15) is 5.10 Å². The van der Waals surface area contributed by atoms with E-state index in [1.165, 1.54) is 49.1 Å². The lowest BCUT2D eigenvalue weighted by molar-refractivity contribution is -0.127. The second kappa shape index (κ2) is 8.33. The second-order valence-corrected chi connectivity index (χ2v) is 8.25. The summed E-state index contributed by atoms with van der Waals surface area (Å²) in [5.41, 5.74) is 3.78. The summed E-state index contributed by atoms with van der Waals surface area (Å²) < 4.78 is 4.41. The van der Waals surface area contributed by atoms with Gasteiger partial charge in [0, 0.05) is 36.6 Å². The Morgan fingerprint density at radius 3 is 2.50 bits per heavy atom. The van der Waals surface area contributed by atoms with E-state index in [9.17, 15) is 4.79 Å². The fraction of sp³-hybridized carbons (Fsp3) is 0.591. The predicted molar refractivity (Wildman–Crippen MR) is 110 cm³/mol. The van der Waals surface area contributed by atoms with Gasteiger partial charge in [-0.3, -0.25) is 4.79 Å². The third-order valence-corrected chi connectivity index (χ3v) is 6.46. The van der Waals surface area contributed by atoms with Gasteiger partial charge >= 0.3 is 0 Å². The van der Waals surface area contributed by atoms with Gasteiger partial charge in [-0.15, -0.1) is 0 Å².